The van der Waals surface area contributed by atoms with Gasteiger partial charge < -0.3 is 20.6 Å². The summed E-state index contributed by atoms with van der Waals surface area (Å²) in [5.74, 6) is 1.80. The van der Waals surface area contributed by atoms with E-state index in [9.17, 15) is 5.11 Å². The summed E-state index contributed by atoms with van der Waals surface area (Å²) in [5.41, 5.74) is 0. The molecule has 0 aromatic rings. The zero-order chi connectivity index (χ0) is 16.5. The van der Waals surface area contributed by atoms with Gasteiger partial charge in [-0.25, -0.2) is 0 Å². The Balaban J connectivity index is 1.71. The highest BCUT2D eigenvalue weighted by Gasteiger charge is 2.20. The number of hydrogen-bond donors (Lipinski definition) is 3. The van der Waals surface area contributed by atoms with E-state index in [1.807, 2.05) is 0 Å². The second-order valence-electron chi connectivity index (χ2n) is 7.08. The molecule has 0 aromatic heterocycles. The predicted octanol–water partition coefficient (Wildman–Crippen LogP) is 1.97. The quantitative estimate of drug-likeness (QED) is 0.516. The van der Waals surface area contributed by atoms with E-state index in [0.29, 0.717) is 6.04 Å². The van der Waals surface area contributed by atoms with Gasteiger partial charge in [0.15, 0.2) is 5.96 Å². The van der Waals surface area contributed by atoms with Gasteiger partial charge in [-0.05, 0) is 77.4 Å². The Hall–Kier alpha value is -0.810. The van der Waals surface area contributed by atoms with Crippen LogP contribution in [-0.2, 0) is 0 Å². The minimum Gasteiger partial charge on any atom is -0.393 e. The van der Waals surface area contributed by atoms with Gasteiger partial charge in [0, 0.05) is 19.1 Å². The average Bonchev–Trinajstić information content (AvgIpc) is 2.58. The summed E-state index contributed by atoms with van der Waals surface area (Å²) < 4.78 is 0. The number of nitrogens with zero attached hydrogens (tertiary/aromatic N) is 2. The number of nitrogens with one attached hydrogen (secondary N) is 2. The molecule has 1 heterocycles. The molecule has 0 atom stereocenters. The van der Waals surface area contributed by atoms with Gasteiger partial charge in [-0.15, -0.1) is 0 Å². The topological polar surface area (TPSA) is 59.9 Å². The smallest absolute Gasteiger partial charge is 0.191 e. The van der Waals surface area contributed by atoms with E-state index in [-0.39, 0.29) is 6.10 Å². The Kier molecular flexibility index (Phi) is 8.17. The fourth-order valence-corrected chi connectivity index (χ4v) is 3.68. The number of aliphatic hydroxyl groups is 1. The van der Waals surface area contributed by atoms with Crippen molar-refractivity contribution in [3.8, 4) is 0 Å². The molecule has 0 bridgehead atoms. The van der Waals surface area contributed by atoms with Crippen molar-refractivity contribution >= 4 is 5.96 Å². The molecular weight excluding hydrogens is 288 g/mol. The molecule has 2 fully saturated rings. The van der Waals surface area contributed by atoms with E-state index in [0.717, 1.165) is 50.7 Å². The maximum Gasteiger partial charge on any atom is 0.191 e. The van der Waals surface area contributed by atoms with Crippen LogP contribution in [0.15, 0.2) is 4.99 Å². The monoisotopic (exact) mass is 324 g/mol. The van der Waals surface area contributed by atoms with E-state index in [1.54, 1.807) is 0 Å². The summed E-state index contributed by atoms with van der Waals surface area (Å²) >= 11 is 0. The van der Waals surface area contributed by atoms with Gasteiger partial charge in [-0.3, -0.25) is 4.99 Å². The molecule has 2 aliphatic rings. The molecule has 0 aromatic carbocycles. The van der Waals surface area contributed by atoms with Gasteiger partial charge in [0.1, 0.15) is 0 Å². The van der Waals surface area contributed by atoms with Crippen molar-refractivity contribution in [1.82, 2.24) is 15.5 Å². The third kappa shape index (κ3) is 6.68. The normalized spacial score (nSPS) is 27.9. The number of piperidine rings is 1. The molecule has 134 valence electrons. The molecule has 2 rings (SSSR count). The van der Waals surface area contributed by atoms with Crippen LogP contribution in [0.25, 0.3) is 0 Å². The van der Waals surface area contributed by atoms with Crippen LogP contribution in [0.2, 0.25) is 0 Å². The fraction of sp³-hybridized carbons (Fsp3) is 0.944. The van der Waals surface area contributed by atoms with Gasteiger partial charge in [0.05, 0.1) is 6.10 Å². The molecule has 5 nitrogen and oxygen atoms in total. The lowest BCUT2D eigenvalue weighted by molar-refractivity contribution is 0.120. The molecule has 0 spiro atoms. The molecule has 1 aliphatic carbocycles. The summed E-state index contributed by atoms with van der Waals surface area (Å²) in [6.07, 6.45) is 7.67. The van der Waals surface area contributed by atoms with Crippen LogP contribution >= 0.6 is 0 Å². The summed E-state index contributed by atoms with van der Waals surface area (Å²) in [7, 11) is 0. The molecule has 1 saturated carbocycles. The summed E-state index contributed by atoms with van der Waals surface area (Å²) in [6, 6.07) is 0.462. The second kappa shape index (κ2) is 10.1. The summed E-state index contributed by atoms with van der Waals surface area (Å²) in [6.45, 7) is 9.89. The number of aliphatic imine (C=N–C) groups is 1. The van der Waals surface area contributed by atoms with Gasteiger partial charge >= 0.3 is 0 Å². The Morgan fingerprint density at radius 3 is 2.39 bits per heavy atom. The lowest BCUT2D eigenvalue weighted by Gasteiger charge is -2.31. The maximum atomic E-state index is 9.61. The number of guanidine groups is 1. The van der Waals surface area contributed by atoms with Crippen LogP contribution in [0, 0.1) is 5.92 Å². The van der Waals surface area contributed by atoms with Crippen molar-refractivity contribution in [3.63, 3.8) is 0 Å². The lowest BCUT2D eigenvalue weighted by atomic mass is 9.93. The fourth-order valence-electron chi connectivity index (χ4n) is 3.68. The van der Waals surface area contributed by atoms with E-state index >= 15 is 0 Å². The molecule has 3 N–H and O–H groups in total. The predicted molar refractivity (Wildman–Crippen MR) is 96.8 cm³/mol. The Morgan fingerprint density at radius 1 is 1.09 bits per heavy atom. The number of rotatable bonds is 6. The minimum absolute atomic E-state index is 0.0958. The largest absolute Gasteiger partial charge is 0.393 e. The lowest BCUT2D eigenvalue weighted by Crippen LogP contribution is -2.45. The zero-order valence-electron chi connectivity index (χ0n) is 15.1. The molecule has 0 radical (unpaired) electrons. The first-order valence-corrected chi connectivity index (χ1v) is 9.66. The van der Waals surface area contributed by atoms with Crippen LogP contribution in [0.4, 0.5) is 0 Å². The van der Waals surface area contributed by atoms with Crippen molar-refractivity contribution in [1.29, 1.82) is 0 Å². The standard InChI is InChI=1S/C18H36N4O/c1-3-19-18(21-16-5-7-17(23)8-6-16)20-12-9-15-10-13-22(4-2)14-11-15/h15-17,23H,3-14H2,1-2H3,(H2,19,20,21). The van der Waals surface area contributed by atoms with E-state index in [2.05, 4.69) is 29.4 Å². The Morgan fingerprint density at radius 2 is 1.78 bits per heavy atom. The van der Waals surface area contributed by atoms with Crippen molar-refractivity contribution in [2.24, 2.45) is 10.9 Å². The third-order valence-corrected chi connectivity index (χ3v) is 5.34. The van der Waals surface area contributed by atoms with Crippen LogP contribution in [0.3, 0.4) is 0 Å². The number of aliphatic hydroxyl groups excluding tert-OH is 1. The first-order valence-electron chi connectivity index (χ1n) is 9.66. The number of hydrogen-bond acceptors (Lipinski definition) is 3. The van der Waals surface area contributed by atoms with E-state index in [4.69, 9.17) is 4.99 Å². The SMILES string of the molecule is CCNC(=NCCC1CCN(CC)CC1)NC1CCC(O)CC1. The van der Waals surface area contributed by atoms with Crippen molar-refractivity contribution in [2.45, 2.75) is 70.9 Å². The maximum absolute atomic E-state index is 9.61. The second-order valence-corrected chi connectivity index (χ2v) is 7.08. The van der Waals surface area contributed by atoms with E-state index < -0.39 is 0 Å². The molecular formula is C18H36N4O. The molecule has 1 aliphatic heterocycles. The van der Waals surface area contributed by atoms with Gasteiger partial charge in [0.2, 0.25) is 0 Å². The van der Waals surface area contributed by atoms with Crippen LogP contribution in [0.1, 0.15) is 58.8 Å². The Bertz CT molecular complexity index is 345. The summed E-state index contributed by atoms with van der Waals surface area (Å²) in [5, 5.41) is 16.5. The van der Waals surface area contributed by atoms with Crippen molar-refractivity contribution < 1.29 is 5.11 Å². The molecule has 0 amide bonds. The molecule has 5 heteroatoms. The van der Waals surface area contributed by atoms with Crippen LogP contribution in [0.5, 0.6) is 0 Å². The van der Waals surface area contributed by atoms with Gasteiger partial charge in [-0.2, -0.15) is 0 Å². The summed E-state index contributed by atoms with van der Waals surface area (Å²) in [4.78, 5) is 7.32. The Labute approximate surface area is 141 Å². The zero-order valence-corrected chi connectivity index (χ0v) is 15.1. The average molecular weight is 325 g/mol. The first-order chi connectivity index (χ1) is 11.2. The minimum atomic E-state index is -0.0958. The molecule has 1 saturated heterocycles. The first kappa shape index (κ1) is 18.5. The third-order valence-electron chi connectivity index (χ3n) is 5.34. The van der Waals surface area contributed by atoms with Crippen LogP contribution in [-0.4, -0.2) is 60.8 Å². The van der Waals surface area contributed by atoms with Crippen molar-refractivity contribution in [3.05, 3.63) is 0 Å². The molecule has 23 heavy (non-hydrogen) atoms. The molecule has 0 unspecified atom stereocenters. The highest BCUT2D eigenvalue weighted by atomic mass is 16.3. The van der Waals surface area contributed by atoms with Crippen molar-refractivity contribution in [2.75, 3.05) is 32.7 Å². The highest BCUT2D eigenvalue weighted by Crippen LogP contribution is 2.20. The highest BCUT2D eigenvalue weighted by molar-refractivity contribution is 5.80. The van der Waals surface area contributed by atoms with Gasteiger partial charge in [-0.1, -0.05) is 6.92 Å². The van der Waals surface area contributed by atoms with Crippen LogP contribution < -0.4 is 10.6 Å². The van der Waals surface area contributed by atoms with E-state index in [1.165, 1.54) is 38.9 Å². The van der Waals surface area contributed by atoms with Gasteiger partial charge in [0.25, 0.3) is 0 Å². The number of likely N-dealkylation sites (tertiary alicyclic amines) is 1.